The first-order chi connectivity index (χ1) is 40.8. The predicted molar refractivity (Wildman–Crippen MR) is 355 cm³/mol. The molecule has 0 spiro atoms. The van der Waals surface area contributed by atoms with Gasteiger partial charge in [0, 0.05) is 6.42 Å². The van der Waals surface area contributed by atoms with Gasteiger partial charge in [0.15, 0.2) is 6.29 Å². The van der Waals surface area contributed by atoms with Gasteiger partial charge < -0.3 is 40.3 Å². The largest absolute Gasteiger partial charge is 0.394 e. The summed E-state index contributed by atoms with van der Waals surface area (Å²) in [4.78, 5) is 13.1. The maximum atomic E-state index is 13.1. The first-order valence-electron chi connectivity index (χ1n) is 36.0. The molecule has 6 N–H and O–H groups in total. The van der Waals surface area contributed by atoms with Crippen molar-refractivity contribution < 1.29 is 39.8 Å². The van der Waals surface area contributed by atoms with Crippen molar-refractivity contribution >= 4 is 5.91 Å². The van der Waals surface area contributed by atoms with Crippen LogP contribution >= 0.6 is 0 Å². The van der Waals surface area contributed by atoms with Gasteiger partial charge in [0.25, 0.3) is 0 Å². The molecule has 0 bridgehead atoms. The zero-order valence-electron chi connectivity index (χ0n) is 54.5. The molecule has 0 aromatic rings. The number of rotatable bonds is 63. The smallest absolute Gasteiger partial charge is 0.220 e. The van der Waals surface area contributed by atoms with Crippen LogP contribution in [-0.2, 0) is 14.3 Å². The minimum Gasteiger partial charge on any atom is -0.394 e. The standard InChI is InChI=1S/C74H137NO8/c1-3-5-7-9-11-13-15-17-19-21-23-25-26-27-28-29-30-31-32-33-34-35-36-37-38-39-40-41-42-44-46-48-50-52-54-56-58-60-62-64-70(78)75-67(66-82-74-73(81)72(80)71(79)69(65-76)83-74)68(77)63-61-59-57-55-53-51-49-47-45-43-24-22-20-18-16-14-12-10-8-6-4-2/h30-31,33-34,45,47,53,55,61,63,67-69,71-74,76-77,79-81H,3-29,32,35-44,46,48-52,54,56-60,62,64-66H2,1-2H3,(H,75,78)/b31-30-,34-33-,47-45+,55-53+,63-61+. The van der Waals surface area contributed by atoms with E-state index >= 15 is 0 Å². The third kappa shape index (κ3) is 51.6. The summed E-state index contributed by atoms with van der Waals surface area (Å²) in [6.07, 6.45) is 80.6. The number of aliphatic hydroxyl groups is 5. The van der Waals surface area contributed by atoms with E-state index in [-0.39, 0.29) is 12.5 Å². The van der Waals surface area contributed by atoms with E-state index in [0.717, 1.165) is 51.4 Å². The van der Waals surface area contributed by atoms with E-state index in [1.54, 1.807) is 6.08 Å². The highest BCUT2D eigenvalue weighted by Gasteiger charge is 2.44. The van der Waals surface area contributed by atoms with E-state index < -0.39 is 49.5 Å². The van der Waals surface area contributed by atoms with Crippen LogP contribution in [0.2, 0.25) is 0 Å². The Morgan fingerprint density at radius 3 is 1.08 bits per heavy atom. The number of hydrogen-bond acceptors (Lipinski definition) is 8. The van der Waals surface area contributed by atoms with Gasteiger partial charge in [-0.15, -0.1) is 0 Å². The molecule has 486 valence electrons. The molecule has 1 heterocycles. The Morgan fingerprint density at radius 2 is 0.723 bits per heavy atom. The third-order valence-electron chi connectivity index (χ3n) is 17.0. The molecule has 0 aliphatic carbocycles. The summed E-state index contributed by atoms with van der Waals surface area (Å²) in [6.45, 7) is 3.80. The van der Waals surface area contributed by atoms with E-state index in [4.69, 9.17) is 9.47 Å². The number of allylic oxidation sites excluding steroid dienone is 9. The number of carbonyl (C=O) groups excluding carboxylic acids is 1. The molecule has 7 unspecified atom stereocenters. The molecule has 1 amide bonds. The Morgan fingerprint density at radius 1 is 0.410 bits per heavy atom. The van der Waals surface area contributed by atoms with Crippen molar-refractivity contribution in [3.63, 3.8) is 0 Å². The normalized spacial score (nSPS) is 18.6. The lowest BCUT2D eigenvalue weighted by Gasteiger charge is -2.40. The van der Waals surface area contributed by atoms with Crippen LogP contribution in [0.4, 0.5) is 0 Å². The second-order valence-corrected chi connectivity index (χ2v) is 25.0. The lowest BCUT2D eigenvalue weighted by atomic mass is 9.99. The Labute approximate surface area is 513 Å². The van der Waals surface area contributed by atoms with Crippen LogP contribution in [0.25, 0.3) is 0 Å². The van der Waals surface area contributed by atoms with Gasteiger partial charge in [-0.25, -0.2) is 0 Å². The predicted octanol–water partition coefficient (Wildman–Crippen LogP) is 19.8. The highest BCUT2D eigenvalue weighted by molar-refractivity contribution is 5.76. The number of aliphatic hydroxyl groups excluding tert-OH is 5. The van der Waals surface area contributed by atoms with E-state index in [1.165, 1.54) is 276 Å². The van der Waals surface area contributed by atoms with Crippen LogP contribution < -0.4 is 5.32 Å². The molecule has 0 aromatic heterocycles. The second kappa shape index (κ2) is 62.9. The van der Waals surface area contributed by atoms with Gasteiger partial charge in [-0.1, -0.05) is 325 Å². The Hall–Kier alpha value is -2.11. The van der Waals surface area contributed by atoms with Gasteiger partial charge in [0.05, 0.1) is 25.4 Å². The maximum absolute atomic E-state index is 13.1. The van der Waals surface area contributed by atoms with Gasteiger partial charge in [0.2, 0.25) is 5.91 Å². The fraction of sp³-hybridized carbons (Fsp3) is 0.851. The van der Waals surface area contributed by atoms with Crippen molar-refractivity contribution in [2.45, 2.75) is 391 Å². The molecule has 1 aliphatic rings. The van der Waals surface area contributed by atoms with E-state index in [2.05, 4.69) is 67.8 Å². The number of hydrogen-bond donors (Lipinski definition) is 6. The van der Waals surface area contributed by atoms with Crippen LogP contribution in [0, 0.1) is 0 Å². The minimum absolute atomic E-state index is 0.187. The molecule has 1 fully saturated rings. The first-order valence-corrected chi connectivity index (χ1v) is 36.0. The summed E-state index contributed by atoms with van der Waals surface area (Å²) in [7, 11) is 0. The van der Waals surface area contributed by atoms with Crippen LogP contribution in [0.15, 0.2) is 60.8 Å². The first kappa shape index (κ1) is 78.9. The van der Waals surface area contributed by atoms with Crippen LogP contribution in [-0.4, -0.2) is 87.5 Å². The molecular weight excluding hydrogens is 1030 g/mol. The maximum Gasteiger partial charge on any atom is 0.220 e. The van der Waals surface area contributed by atoms with Crippen molar-refractivity contribution in [1.29, 1.82) is 0 Å². The van der Waals surface area contributed by atoms with Gasteiger partial charge in [0.1, 0.15) is 24.4 Å². The molecule has 1 rings (SSSR count). The Bertz CT molecular complexity index is 1500. The fourth-order valence-corrected chi connectivity index (χ4v) is 11.4. The number of unbranched alkanes of at least 4 members (excludes halogenated alkanes) is 45. The molecular formula is C74H137NO8. The van der Waals surface area contributed by atoms with Gasteiger partial charge in [-0.2, -0.15) is 0 Å². The van der Waals surface area contributed by atoms with Crippen molar-refractivity contribution in [2.24, 2.45) is 0 Å². The van der Waals surface area contributed by atoms with Crippen LogP contribution in [0.5, 0.6) is 0 Å². The van der Waals surface area contributed by atoms with Crippen LogP contribution in [0.1, 0.15) is 348 Å². The molecule has 83 heavy (non-hydrogen) atoms. The molecule has 0 radical (unpaired) electrons. The van der Waals surface area contributed by atoms with Crippen molar-refractivity contribution in [3.8, 4) is 0 Å². The van der Waals surface area contributed by atoms with Crippen molar-refractivity contribution in [3.05, 3.63) is 60.8 Å². The Balaban J connectivity index is 2.09. The summed E-state index contributed by atoms with van der Waals surface area (Å²) in [5.74, 6) is -0.187. The van der Waals surface area contributed by atoms with Gasteiger partial charge >= 0.3 is 0 Å². The topological polar surface area (TPSA) is 149 Å². The quantitative estimate of drug-likeness (QED) is 0.0261. The molecule has 1 saturated heterocycles. The average molecular weight is 1170 g/mol. The molecule has 9 nitrogen and oxygen atoms in total. The molecule has 9 heteroatoms. The SMILES string of the molecule is CCCCCCCCCCCCC/C=C/CC/C=C/CC/C=C/C(O)C(COC1OC(CO)C(O)C(O)C1O)NC(=O)CCCCCCCCCCCCCCCCCCC/C=C\C/C=C\CCCCCCCCCCCCCCCCC. The number of amides is 1. The lowest BCUT2D eigenvalue weighted by Crippen LogP contribution is -2.60. The van der Waals surface area contributed by atoms with Crippen molar-refractivity contribution in [2.75, 3.05) is 13.2 Å². The highest BCUT2D eigenvalue weighted by atomic mass is 16.7. The minimum atomic E-state index is -1.58. The fourth-order valence-electron chi connectivity index (χ4n) is 11.4. The molecule has 0 aromatic carbocycles. The number of nitrogens with one attached hydrogen (secondary N) is 1. The second-order valence-electron chi connectivity index (χ2n) is 25.0. The zero-order valence-corrected chi connectivity index (χ0v) is 54.5. The summed E-state index contributed by atoms with van der Waals surface area (Å²) in [5, 5.41) is 54.7. The highest BCUT2D eigenvalue weighted by Crippen LogP contribution is 2.23. The number of carbonyl (C=O) groups is 1. The molecule has 1 aliphatic heterocycles. The lowest BCUT2D eigenvalue weighted by molar-refractivity contribution is -0.302. The van der Waals surface area contributed by atoms with E-state index in [9.17, 15) is 30.3 Å². The van der Waals surface area contributed by atoms with E-state index in [1.807, 2.05) is 6.08 Å². The monoisotopic (exact) mass is 1170 g/mol. The zero-order chi connectivity index (χ0) is 60.0. The van der Waals surface area contributed by atoms with Crippen molar-refractivity contribution in [1.82, 2.24) is 5.32 Å². The molecule has 0 saturated carbocycles. The molecule has 7 atom stereocenters. The van der Waals surface area contributed by atoms with E-state index in [0.29, 0.717) is 6.42 Å². The van der Waals surface area contributed by atoms with Gasteiger partial charge in [-0.3, -0.25) is 4.79 Å². The van der Waals surface area contributed by atoms with Crippen LogP contribution in [0.3, 0.4) is 0 Å². The van der Waals surface area contributed by atoms with Gasteiger partial charge in [-0.05, 0) is 77.0 Å². The summed E-state index contributed by atoms with van der Waals surface area (Å²) in [5.41, 5.74) is 0. The summed E-state index contributed by atoms with van der Waals surface area (Å²) in [6, 6.07) is -0.831. The number of ether oxygens (including phenoxy) is 2. The summed E-state index contributed by atoms with van der Waals surface area (Å²) >= 11 is 0. The third-order valence-corrected chi connectivity index (χ3v) is 17.0. The average Bonchev–Trinajstić information content (AvgIpc) is 3.49. The Kier molecular flexibility index (Phi) is 59.8. The summed E-state index contributed by atoms with van der Waals surface area (Å²) < 4.78 is 11.3.